The van der Waals surface area contributed by atoms with E-state index in [0.29, 0.717) is 23.7 Å². The van der Waals surface area contributed by atoms with Gasteiger partial charge < -0.3 is 19.0 Å². The number of benzene rings is 1. The molecule has 1 aromatic carbocycles. The molecular formula is C15H16O5. The Kier molecular flexibility index (Phi) is 4.30. The maximum absolute atomic E-state index is 10.9. The number of hydrogen-bond acceptors (Lipinski definition) is 4. The van der Waals surface area contributed by atoms with Crippen LogP contribution in [0.4, 0.5) is 0 Å². The number of carboxylic acid groups (broad SMARTS) is 1. The third kappa shape index (κ3) is 3.32. The van der Waals surface area contributed by atoms with Crippen LogP contribution in [0.15, 0.2) is 34.7 Å². The first-order valence-corrected chi connectivity index (χ1v) is 6.28. The molecule has 0 amide bonds. The molecule has 1 N–H and O–H groups in total. The topological polar surface area (TPSA) is 68.9 Å². The van der Waals surface area contributed by atoms with Gasteiger partial charge in [-0.05, 0) is 44.2 Å². The first-order valence-electron chi connectivity index (χ1n) is 6.28. The van der Waals surface area contributed by atoms with Gasteiger partial charge in [0.15, 0.2) is 0 Å². The molecule has 0 saturated heterocycles. The molecule has 1 aromatic heterocycles. The van der Waals surface area contributed by atoms with Gasteiger partial charge in [0, 0.05) is 5.56 Å². The molecule has 0 aliphatic heterocycles. The van der Waals surface area contributed by atoms with Crippen molar-refractivity contribution in [2.24, 2.45) is 0 Å². The van der Waals surface area contributed by atoms with Crippen LogP contribution in [0.3, 0.4) is 0 Å². The lowest BCUT2D eigenvalue weighted by Gasteiger charge is -2.06. The number of carboxylic acids is 1. The van der Waals surface area contributed by atoms with Gasteiger partial charge in [0.25, 0.3) is 0 Å². The number of aryl methyl sites for hydroxylation is 1. The first kappa shape index (κ1) is 14.0. The third-order valence-corrected chi connectivity index (χ3v) is 2.68. The molecule has 2 aromatic rings. The highest BCUT2D eigenvalue weighted by molar-refractivity contribution is 5.86. The first-order chi connectivity index (χ1) is 9.60. The minimum absolute atomic E-state index is 0.0460. The van der Waals surface area contributed by atoms with Gasteiger partial charge in [0.2, 0.25) is 5.76 Å². The lowest BCUT2D eigenvalue weighted by Crippen LogP contribution is -1.96. The highest BCUT2D eigenvalue weighted by atomic mass is 16.5. The lowest BCUT2D eigenvalue weighted by atomic mass is 10.2. The molecule has 0 radical (unpaired) electrons. The third-order valence-electron chi connectivity index (χ3n) is 2.68. The molecule has 0 aliphatic rings. The van der Waals surface area contributed by atoms with Crippen molar-refractivity contribution in [3.05, 3.63) is 47.4 Å². The van der Waals surface area contributed by atoms with E-state index in [4.69, 9.17) is 19.0 Å². The van der Waals surface area contributed by atoms with Crippen molar-refractivity contribution in [1.82, 2.24) is 0 Å². The molecule has 1 heterocycles. The minimum Gasteiger partial charge on any atom is -0.494 e. The van der Waals surface area contributed by atoms with Crippen LogP contribution < -0.4 is 9.47 Å². The summed E-state index contributed by atoms with van der Waals surface area (Å²) < 4.78 is 16.1. The van der Waals surface area contributed by atoms with Crippen LogP contribution in [0.5, 0.6) is 11.5 Å². The van der Waals surface area contributed by atoms with Crippen molar-refractivity contribution >= 4 is 5.97 Å². The quantitative estimate of drug-likeness (QED) is 0.877. The van der Waals surface area contributed by atoms with Crippen LogP contribution in [0.25, 0.3) is 0 Å². The Morgan fingerprint density at radius 1 is 1.20 bits per heavy atom. The summed E-state index contributed by atoms with van der Waals surface area (Å²) in [4.78, 5) is 10.9. The molecule has 0 unspecified atom stereocenters. The molecular weight excluding hydrogens is 260 g/mol. The van der Waals surface area contributed by atoms with E-state index in [-0.39, 0.29) is 12.4 Å². The highest BCUT2D eigenvalue weighted by Crippen LogP contribution is 2.20. The summed E-state index contributed by atoms with van der Waals surface area (Å²) in [7, 11) is 0. The number of aromatic carboxylic acids is 1. The summed E-state index contributed by atoms with van der Waals surface area (Å²) in [6.07, 6.45) is 0. The fraction of sp³-hybridized carbons (Fsp3) is 0.267. The maximum Gasteiger partial charge on any atom is 0.372 e. The summed E-state index contributed by atoms with van der Waals surface area (Å²) in [5.41, 5.74) is 0.586. The Labute approximate surface area is 116 Å². The Morgan fingerprint density at radius 2 is 1.80 bits per heavy atom. The molecule has 0 spiro atoms. The van der Waals surface area contributed by atoms with Gasteiger partial charge in [-0.25, -0.2) is 4.79 Å². The van der Waals surface area contributed by atoms with E-state index in [0.717, 1.165) is 5.75 Å². The largest absolute Gasteiger partial charge is 0.494 e. The van der Waals surface area contributed by atoms with Gasteiger partial charge in [-0.15, -0.1) is 0 Å². The smallest absolute Gasteiger partial charge is 0.372 e. The van der Waals surface area contributed by atoms with Crippen LogP contribution in [0.1, 0.15) is 28.8 Å². The fourth-order valence-corrected chi connectivity index (χ4v) is 1.78. The van der Waals surface area contributed by atoms with Crippen molar-refractivity contribution in [3.8, 4) is 11.5 Å². The number of hydrogen-bond donors (Lipinski definition) is 1. The highest BCUT2D eigenvalue weighted by Gasteiger charge is 2.14. The van der Waals surface area contributed by atoms with Crippen molar-refractivity contribution in [3.63, 3.8) is 0 Å². The summed E-state index contributed by atoms with van der Waals surface area (Å²) >= 11 is 0. The second-order valence-electron chi connectivity index (χ2n) is 4.22. The van der Waals surface area contributed by atoms with E-state index in [1.165, 1.54) is 0 Å². The predicted octanol–water partition coefficient (Wildman–Crippen LogP) is 3.26. The maximum atomic E-state index is 10.9. The van der Waals surface area contributed by atoms with Crippen molar-refractivity contribution < 1.29 is 23.8 Å². The molecule has 0 saturated carbocycles. The monoisotopic (exact) mass is 276 g/mol. The van der Waals surface area contributed by atoms with Crippen LogP contribution in [-0.4, -0.2) is 17.7 Å². The molecule has 106 valence electrons. The second kappa shape index (κ2) is 6.14. The number of rotatable bonds is 6. The molecule has 0 fully saturated rings. The summed E-state index contributed by atoms with van der Waals surface area (Å²) in [6.45, 7) is 4.41. The molecule has 5 nitrogen and oxygen atoms in total. The van der Waals surface area contributed by atoms with Crippen molar-refractivity contribution in [2.45, 2.75) is 20.5 Å². The standard InChI is InChI=1S/C15H16O5/c1-3-18-11-4-6-12(7-5-11)19-9-13-8-10(2)14(20-13)15(16)17/h4-8H,3,9H2,1-2H3,(H,16,17). The Bertz CT molecular complexity index is 583. The number of ether oxygens (including phenoxy) is 2. The molecule has 20 heavy (non-hydrogen) atoms. The van der Waals surface area contributed by atoms with Crippen LogP contribution in [0, 0.1) is 6.92 Å². The van der Waals surface area contributed by atoms with Gasteiger partial charge in [0.05, 0.1) is 6.61 Å². The van der Waals surface area contributed by atoms with Crippen molar-refractivity contribution in [2.75, 3.05) is 6.61 Å². The van der Waals surface area contributed by atoms with Gasteiger partial charge in [-0.1, -0.05) is 0 Å². The van der Waals surface area contributed by atoms with Crippen LogP contribution in [-0.2, 0) is 6.61 Å². The molecule has 0 bridgehead atoms. The Morgan fingerprint density at radius 3 is 2.30 bits per heavy atom. The number of carbonyl (C=O) groups is 1. The van der Waals surface area contributed by atoms with Crippen LogP contribution in [0.2, 0.25) is 0 Å². The van der Waals surface area contributed by atoms with Crippen LogP contribution >= 0.6 is 0 Å². The summed E-state index contributed by atoms with van der Waals surface area (Å²) in [5.74, 6) is 0.806. The Balaban J connectivity index is 1.98. The molecule has 0 aliphatic carbocycles. The minimum atomic E-state index is -1.07. The normalized spacial score (nSPS) is 10.3. The second-order valence-corrected chi connectivity index (χ2v) is 4.22. The van der Waals surface area contributed by atoms with E-state index in [1.807, 2.05) is 19.1 Å². The van der Waals surface area contributed by atoms with E-state index in [2.05, 4.69) is 0 Å². The fourth-order valence-electron chi connectivity index (χ4n) is 1.78. The molecule has 0 atom stereocenters. The van der Waals surface area contributed by atoms with Gasteiger partial charge in [0.1, 0.15) is 23.9 Å². The average molecular weight is 276 g/mol. The summed E-state index contributed by atoms with van der Waals surface area (Å²) in [6, 6.07) is 8.87. The SMILES string of the molecule is CCOc1ccc(OCc2cc(C)c(C(=O)O)o2)cc1. The number of furan rings is 1. The lowest BCUT2D eigenvalue weighted by molar-refractivity contribution is 0.0657. The van der Waals surface area contributed by atoms with Gasteiger partial charge in [-0.3, -0.25) is 0 Å². The zero-order valence-electron chi connectivity index (χ0n) is 11.4. The Hall–Kier alpha value is -2.43. The summed E-state index contributed by atoms with van der Waals surface area (Å²) in [5, 5.41) is 8.90. The zero-order chi connectivity index (χ0) is 14.5. The predicted molar refractivity (Wildman–Crippen MR) is 72.3 cm³/mol. The van der Waals surface area contributed by atoms with Gasteiger partial charge >= 0.3 is 5.97 Å². The van der Waals surface area contributed by atoms with E-state index in [1.54, 1.807) is 25.1 Å². The van der Waals surface area contributed by atoms with E-state index < -0.39 is 5.97 Å². The average Bonchev–Trinajstić information content (AvgIpc) is 2.80. The van der Waals surface area contributed by atoms with Crippen molar-refractivity contribution in [1.29, 1.82) is 0 Å². The molecule has 2 rings (SSSR count). The van der Waals surface area contributed by atoms with E-state index >= 15 is 0 Å². The van der Waals surface area contributed by atoms with E-state index in [9.17, 15) is 4.79 Å². The molecule has 5 heteroatoms. The zero-order valence-corrected chi connectivity index (χ0v) is 11.4. The van der Waals surface area contributed by atoms with Gasteiger partial charge in [-0.2, -0.15) is 0 Å².